The van der Waals surface area contributed by atoms with Crippen LogP contribution in [-0.2, 0) is 0 Å². The van der Waals surface area contributed by atoms with Crippen LogP contribution in [0.25, 0.3) is 0 Å². The second-order valence-electron chi connectivity index (χ2n) is 3.03. The fourth-order valence-electron chi connectivity index (χ4n) is 1.52. The highest BCUT2D eigenvalue weighted by molar-refractivity contribution is 6.79. The molecule has 0 atom stereocenters. The molecule has 0 aliphatic heterocycles. The van der Waals surface area contributed by atoms with E-state index in [-0.39, 0.29) is 0 Å². The molecule has 0 unspecified atom stereocenters. The zero-order valence-corrected chi connectivity index (χ0v) is 8.48. The minimum absolute atomic E-state index is 0.405. The Morgan fingerprint density at radius 3 is 1.50 bits per heavy atom. The monoisotopic (exact) mass is 160 g/mol. The molecule has 0 aromatic heterocycles. The molecule has 0 aromatic rings. The van der Waals surface area contributed by atoms with E-state index in [1.165, 1.54) is 18.1 Å². The second kappa shape index (κ2) is 4.91. The molecular weight excluding hydrogens is 140 g/mol. The molecule has 2 heteroatoms. The molecule has 0 fully saturated rings. The lowest BCUT2D eigenvalue weighted by molar-refractivity contribution is 0.316. The molecule has 0 saturated carbocycles. The first-order valence-corrected chi connectivity index (χ1v) is 7.18. The average Bonchev–Trinajstić information content (AvgIpc) is 2.01. The third-order valence-corrected chi connectivity index (χ3v) is 8.68. The van der Waals surface area contributed by atoms with Crippen LogP contribution in [0.2, 0.25) is 24.2 Å². The molecule has 0 radical (unpaired) electrons. The van der Waals surface area contributed by atoms with Crippen LogP contribution in [0.15, 0.2) is 0 Å². The molecule has 0 heterocycles. The Morgan fingerprint density at radius 1 is 1.00 bits per heavy atom. The van der Waals surface area contributed by atoms with Gasteiger partial charge in [0.25, 0.3) is 0 Å². The summed E-state index contributed by atoms with van der Waals surface area (Å²) in [6, 6.07) is 5.11. The first kappa shape index (κ1) is 10.2. The summed E-state index contributed by atoms with van der Waals surface area (Å²) >= 11 is 0. The van der Waals surface area contributed by atoms with Gasteiger partial charge in [0.15, 0.2) is 0 Å². The van der Waals surface area contributed by atoms with Gasteiger partial charge in [0.1, 0.15) is 0 Å². The Balaban J connectivity index is 3.87. The minimum atomic E-state index is -0.967. The molecule has 0 amide bonds. The van der Waals surface area contributed by atoms with E-state index >= 15 is 0 Å². The van der Waals surface area contributed by atoms with Crippen LogP contribution in [0.3, 0.4) is 0 Å². The second-order valence-corrected chi connectivity index (χ2v) is 8.66. The van der Waals surface area contributed by atoms with E-state index in [0.717, 1.165) is 6.04 Å². The zero-order valence-electron chi connectivity index (χ0n) is 7.48. The molecule has 0 saturated heterocycles. The van der Waals surface area contributed by atoms with E-state index in [2.05, 4.69) is 20.8 Å². The van der Waals surface area contributed by atoms with Crippen molar-refractivity contribution in [1.82, 2.24) is 0 Å². The van der Waals surface area contributed by atoms with E-state index in [0.29, 0.717) is 6.61 Å². The third kappa shape index (κ3) is 2.43. The van der Waals surface area contributed by atoms with Crippen LogP contribution < -0.4 is 0 Å². The largest absolute Gasteiger partial charge is 0.397 e. The normalized spacial score (nSPS) is 12.0. The first-order chi connectivity index (χ1) is 4.74. The lowest BCUT2D eigenvalue weighted by atomic mass is 10.8. The highest BCUT2D eigenvalue weighted by atomic mass is 28.3. The van der Waals surface area contributed by atoms with Gasteiger partial charge in [-0.1, -0.05) is 38.9 Å². The molecular formula is C8H20OSi. The van der Waals surface area contributed by atoms with Crippen molar-refractivity contribution in [3.8, 4) is 0 Å². The fourth-order valence-corrected chi connectivity index (χ4v) is 4.55. The van der Waals surface area contributed by atoms with Gasteiger partial charge in [-0.25, -0.2) is 0 Å². The zero-order chi connectivity index (χ0) is 8.04. The maximum atomic E-state index is 8.83. The molecule has 0 aliphatic rings. The fraction of sp³-hybridized carbons (Fsp3) is 1.00. The standard InChI is InChI=1S/C8H20OSi/c1-4-10(5-2,6-3)8-7-9/h9H,4-8H2,1-3H3. The summed E-state index contributed by atoms with van der Waals surface area (Å²) in [5.41, 5.74) is 0. The van der Waals surface area contributed by atoms with E-state index in [1.807, 2.05) is 0 Å². The summed E-state index contributed by atoms with van der Waals surface area (Å²) in [6.45, 7) is 7.22. The predicted molar refractivity (Wildman–Crippen MR) is 49.1 cm³/mol. The van der Waals surface area contributed by atoms with Crippen molar-refractivity contribution < 1.29 is 5.11 Å². The summed E-state index contributed by atoms with van der Waals surface area (Å²) in [4.78, 5) is 0. The molecule has 0 aliphatic carbocycles. The van der Waals surface area contributed by atoms with Gasteiger partial charge in [-0.05, 0) is 6.04 Å². The first-order valence-electron chi connectivity index (χ1n) is 4.35. The Labute approximate surface area is 65.5 Å². The van der Waals surface area contributed by atoms with Gasteiger partial charge in [-0.15, -0.1) is 0 Å². The summed E-state index contributed by atoms with van der Waals surface area (Å²) in [5.74, 6) is 0. The average molecular weight is 160 g/mol. The van der Waals surface area contributed by atoms with Gasteiger partial charge < -0.3 is 5.11 Å². The molecule has 0 spiro atoms. The number of hydrogen-bond acceptors (Lipinski definition) is 1. The number of hydrogen-bond donors (Lipinski definition) is 1. The quantitative estimate of drug-likeness (QED) is 0.613. The van der Waals surface area contributed by atoms with Crippen molar-refractivity contribution in [3.63, 3.8) is 0 Å². The summed E-state index contributed by atoms with van der Waals surface area (Å²) in [6.07, 6.45) is 0. The van der Waals surface area contributed by atoms with E-state index < -0.39 is 8.07 Å². The molecule has 0 bridgehead atoms. The molecule has 10 heavy (non-hydrogen) atoms. The van der Waals surface area contributed by atoms with Gasteiger partial charge in [-0.2, -0.15) is 0 Å². The number of rotatable bonds is 5. The van der Waals surface area contributed by atoms with Crippen LogP contribution in [-0.4, -0.2) is 19.8 Å². The van der Waals surface area contributed by atoms with Crippen molar-refractivity contribution in [2.24, 2.45) is 0 Å². The van der Waals surface area contributed by atoms with E-state index in [1.54, 1.807) is 0 Å². The van der Waals surface area contributed by atoms with Crippen LogP contribution >= 0.6 is 0 Å². The topological polar surface area (TPSA) is 20.2 Å². The predicted octanol–water partition coefficient (Wildman–Crippen LogP) is 2.49. The van der Waals surface area contributed by atoms with Gasteiger partial charge in [0.2, 0.25) is 0 Å². The minimum Gasteiger partial charge on any atom is -0.397 e. The SMILES string of the molecule is CC[Si](CC)(CC)CCO. The van der Waals surface area contributed by atoms with Crippen molar-refractivity contribution in [2.75, 3.05) is 6.61 Å². The van der Waals surface area contributed by atoms with Crippen LogP contribution in [0, 0.1) is 0 Å². The highest BCUT2D eigenvalue weighted by Gasteiger charge is 2.25. The van der Waals surface area contributed by atoms with Crippen molar-refractivity contribution >= 4 is 8.07 Å². The van der Waals surface area contributed by atoms with Crippen LogP contribution in [0.1, 0.15) is 20.8 Å². The lowest BCUT2D eigenvalue weighted by Gasteiger charge is -2.26. The summed E-state index contributed by atoms with van der Waals surface area (Å²) in [5, 5.41) is 8.83. The maximum Gasteiger partial charge on any atom is 0.0550 e. The van der Waals surface area contributed by atoms with Gasteiger partial charge in [-0.3, -0.25) is 0 Å². The van der Waals surface area contributed by atoms with Gasteiger partial charge in [0.05, 0.1) is 8.07 Å². The Bertz CT molecular complexity index is 71.1. The number of aliphatic hydroxyl groups is 1. The van der Waals surface area contributed by atoms with Crippen molar-refractivity contribution in [1.29, 1.82) is 0 Å². The Hall–Kier alpha value is 0.177. The van der Waals surface area contributed by atoms with Crippen molar-refractivity contribution in [3.05, 3.63) is 0 Å². The van der Waals surface area contributed by atoms with E-state index in [9.17, 15) is 0 Å². The van der Waals surface area contributed by atoms with E-state index in [4.69, 9.17) is 5.11 Å². The summed E-state index contributed by atoms with van der Waals surface area (Å²) in [7, 11) is -0.967. The van der Waals surface area contributed by atoms with Crippen LogP contribution in [0.4, 0.5) is 0 Å². The van der Waals surface area contributed by atoms with Gasteiger partial charge >= 0.3 is 0 Å². The lowest BCUT2D eigenvalue weighted by Crippen LogP contribution is -2.31. The summed E-state index contributed by atoms with van der Waals surface area (Å²) < 4.78 is 0. The molecule has 1 N–H and O–H groups in total. The molecule has 0 aromatic carbocycles. The molecule has 62 valence electrons. The number of aliphatic hydroxyl groups excluding tert-OH is 1. The Morgan fingerprint density at radius 2 is 1.40 bits per heavy atom. The van der Waals surface area contributed by atoms with Crippen molar-refractivity contribution in [2.45, 2.75) is 44.9 Å². The van der Waals surface area contributed by atoms with Gasteiger partial charge in [0, 0.05) is 6.61 Å². The maximum absolute atomic E-state index is 8.83. The molecule has 1 nitrogen and oxygen atoms in total. The smallest absolute Gasteiger partial charge is 0.0550 e. The third-order valence-electron chi connectivity index (χ3n) is 2.89. The molecule has 0 rings (SSSR count). The highest BCUT2D eigenvalue weighted by Crippen LogP contribution is 2.23. The Kier molecular flexibility index (Phi) is 5.00. The van der Waals surface area contributed by atoms with Crippen LogP contribution in [0.5, 0.6) is 0 Å².